The Morgan fingerprint density at radius 2 is 1.62 bits per heavy atom. The number of fused-ring (bicyclic) bond motifs is 2. The summed E-state index contributed by atoms with van der Waals surface area (Å²) in [6.07, 6.45) is 0. The van der Waals surface area contributed by atoms with Crippen LogP contribution in [-0.2, 0) is 0 Å². The van der Waals surface area contributed by atoms with Crippen LogP contribution in [0.4, 0.5) is 5.69 Å². The molecule has 2 heterocycles. The van der Waals surface area contributed by atoms with E-state index in [0.29, 0.717) is 5.84 Å². The molecule has 2 aliphatic rings. The van der Waals surface area contributed by atoms with E-state index in [1.165, 1.54) is 0 Å². The Morgan fingerprint density at radius 1 is 0.857 bits per heavy atom. The van der Waals surface area contributed by atoms with Crippen molar-refractivity contribution in [2.75, 3.05) is 0 Å². The molecule has 0 aliphatic carbocycles. The summed E-state index contributed by atoms with van der Waals surface area (Å²) in [5.41, 5.74) is 3.65. The first-order valence-corrected chi connectivity index (χ1v) is 7.92. The van der Waals surface area contributed by atoms with Gasteiger partial charge in [0.25, 0.3) is 0 Å². The maximum Gasteiger partial charge on any atom is 0.160 e. The van der Waals surface area contributed by atoms with Crippen LogP contribution in [0, 0.1) is 0 Å². The predicted molar refractivity (Wildman–Crippen MR) is 89.0 cm³/mol. The summed E-state index contributed by atoms with van der Waals surface area (Å²) in [5.74, 6) is 0.713. The van der Waals surface area contributed by atoms with Gasteiger partial charge < -0.3 is 0 Å². The van der Waals surface area contributed by atoms with E-state index in [0.717, 1.165) is 42.2 Å². The Labute approximate surface area is 137 Å². The molecule has 2 aliphatic heterocycles. The number of hydrogen-bond acceptors (Lipinski definition) is 4. The highest BCUT2D eigenvalue weighted by atomic mass is 79.9. The molecular weight excluding hydrogens is 396 g/mol. The van der Waals surface area contributed by atoms with Crippen LogP contribution in [0.3, 0.4) is 0 Å². The van der Waals surface area contributed by atoms with E-state index in [1.807, 2.05) is 37.3 Å². The minimum atomic E-state index is 0.713. The van der Waals surface area contributed by atoms with Crippen LogP contribution in [-0.4, -0.2) is 11.5 Å². The third-order valence-electron chi connectivity index (χ3n) is 3.43. The van der Waals surface area contributed by atoms with E-state index in [9.17, 15) is 0 Å². The molecule has 0 radical (unpaired) electrons. The molecule has 0 N–H and O–H groups in total. The Morgan fingerprint density at radius 3 is 2.38 bits per heavy atom. The van der Waals surface area contributed by atoms with E-state index in [1.54, 1.807) is 0 Å². The smallest absolute Gasteiger partial charge is 0.160 e. The van der Waals surface area contributed by atoms with Crippen LogP contribution >= 0.6 is 31.9 Å². The fraction of sp³-hybridized carbons (Fsp3) is 0.0667. The molecule has 21 heavy (non-hydrogen) atoms. The Balaban J connectivity index is 2.01. The monoisotopic (exact) mass is 402 g/mol. The van der Waals surface area contributed by atoms with Gasteiger partial charge in [-0.05, 0) is 38.8 Å². The normalized spacial score (nSPS) is 14.8. The molecule has 102 valence electrons. The second kappa shape index (κ2) is 4.68. The summed E-state index contributed by atoms with van der Waals surface area (Å²) in [4.78, 5) is 9.32. The molecule has 0 fully saturated rings. The summed E-state index contributed by atoms with van der Waals surface area (Å²) in [7, 11) is 0. The average molecular weight is 404 g/mol. The van der Waals surface area contributed by atoms with Crippen molar-refractivity contribution in [2.24, 2.45) is 20.2 Å². The maximum absolute atomic E-state index is 4.67. The summed E-state index contributed by atoms with van der Waals surface area (Å²) in [6, 6.07) is 9.94. The Bertz CT molecular complexity index is 960. The highest BCUT2D eigenvalue weighted by Gasteiger charge is 2.24. The molecule has 0 spiro atoms. The van der Waals surface area contributed by atoms with Crippen LogP contribution in [0.15, 0.2) is 59.5 Å². The van der Waals surface area contributed by atoms with Crippen molar-refractivity contribution >= 4 is 49.1 Å². The molecule has 4 nitrogen and oxygen atoms in total. The second-order valence-corrected chi connectivity index (χ2v) is 6.33. The minimum absolute atomic E-state index is 0.713. The lowest BCUT2D eigenvalue weighted by atomic mass is 10.1. The average Bonchev–Trinajstić information content (AvgIpc) is 3.10. The zero-order valence-corrected chi connectivity index (χ0v) is 14.1. The number of halogens is 2. The molecule has 2 aromatic carbocycles. The molecule has 0 saturated heterocycles. The van der Waals surface area contributed by atoms with Crippen molar-refractivity contribution < 1.29 is 0 Å². The van der Waals surface area contributed by atoms with E-state index in [-0.39, 0.29) is 0 Å². The highest BCUT2D eigenvalue weighted by molar-refractivity contribution is 9.11. The molecule has 0 unspecified atom stereocenters. The molecule has 4 rings (SSSR count). The molecule has 6 heteroatoms. The molecule has 0 atom stereocenters. The van der Waals surface area contributed by atoms with Crippen molar-refractivity contribution in [1.82, 2.24) is 0 Å². The zero-order valence-electron chi connectivity index (χ0n) is 10.9. The number of benzene rings is 2. The third kappa shape index (κ3) is 1.86. The fourth-order valence-electron chi connectivity index (χ4n) is 2.41. The SMILES string of the molecule is CC1=NN=c2c(Br)c3c(c(Br)c21)=NC(c1ccccc1)=N3. The molecule has 0 bridgehead atoms. The summed E-state index contributed by atoms with van der Waals surface area (Å²) < 4.78 is 1.74. The standard InChI is InChI=1S/C15H8Br2N4/c1-7-9-10(16)13-14(11(17)12(9)21-20-7)19-15(18-13)8-5-3-2-4-6-8/h2-6H,1H3. The maximum atomic E-state index is 4.67. The highest BCUT2D eigenvalue weighted by Crippen LogP contribution is 2.28. The van der Waals surface area contributed by atoms with Crippen molar-refractivity contribution in [3.05, 3.63) is 61.1 Å². The fourth-order valence-corrected chi connectivity index (χ4v) is 3.71. The molecule has 0 aromatic heterocycles. The quantitative estimate of drug-likeness (QED) is 0.701. The summed E-state index contributed by atoms with van der Waals surface area (Å²) >= 11 is 7.22. The lowest BCUT2D eigenvalue weighted by Crippen LogP contribution is -2.19. The van der Waals surface area contributed by atoms with Gasteiger partial charge in [-0.15, -0.1) is 5.10 Å². The first-order chi connectivity index (χ1) is 10.2. The van der Waals surface area contributed by atoms with Gasteiger partial charge in [-0.1, -0.05) is 30.3 Å². The Kier molecular flexibility index (Phi) is 2.90. The summed E-state index contributed by atoms with van der Waals surface area (Å²) in [6.45, 7) is 1.94. The van der Waals surface area contributed by atoms with Crippen molar-refractivity contribution in [1.29, 1.82) is 0 Å². The van der Waals surface area contributed by atoms with E-state index < -0.39 is 0 Å². The van der Waals surface area contributed by atoms with Gasteiger partial charge in [0.2, 0.25) is 0 Å². The van der Waals surface area contributed by atoms with Gasteiger partial charge in [0.15, 0.2) is 5.84 Å². The molecule has 0 saturated carbocycles. The van der Waals surface area contributed by atoms with Gasteiger partial charge in [-0.3, -0.25) is 0 Å². The van der Waals surface area contributed by atoms with Crippen LogP contribution < -0.4 is 10.7 Å². The third-order valence-corrected chi connectivity index (χ3v) is 4.96. The van der Waals surface area contributed by atoms with Gasteiger partial charge >= 0.3 is 0 Å². The van der Waals surface area contributed by atoms with Crippen LogP contribution in [0.25, 0.3) is 0 Å². The first-order valence-electron chi connectivity index (χ1n) is 6.33. The topological polar surface area (TPSA) is 49.4 Å². The van der Waals surface area contributed by atoms with Gasteiger partial charge in [-0.2, -0.15) is 5.10 Å². The lowest BCUT2D eigenvalue weighted by Gasteiger charge is -2.02. The van der Waals surface area contributed by atoms with Crippen LogP contribution in [0.2, 0.25) is 0 Å². The second-order valence-electron chi connectivity index (χ2n) is 4.75. The number of nitrogens with zero attached hydrogens (tertiary/aromatic N) is 4. The number of hydrogen-bond donors (Lipinski definition) is 0. The lowest BCUT2D eigenvalue weighted by molar-refractivity contribution is 1.16. The van der Waals surface area contributed by atoms with E-state index >= 15 is 0 Å². The van der Waals surface area contributed by atoms with Crippen molar-refractivity contribution in [3.8, 4) is 0 Å². The van der Waals surface area contributed by atoms with E-state index in [2.05, 4.69) is 52.0 Å². The Hall–Kier alpha value is -1.66. The number of aliphatic imine (C=N–C) groups is 1. The van der Waals surface area contributed by atoms with Gasteiger partial charge in [0.05, 0.1) is 14.7 Å². The van der Waals surface area contributed by atoms with E-state index in [4.69, 9.17) is 0 Å². The zero-order chi connectivity index (χ0) is 14.6. The van der Waals surface area contributed by atoms with Crippen LogP contribution in [0.1, 0.15) is 18.1 Å². The summed E-state index contributed by atoms with van der Waals surface area (Å²) in [5, 5.41) is 9.99. The molecule has 0 amide bonds. The predicted octanol–water partition coefficient (Wildman–Crippen LogP) is 3.28. The van der Waals surface area contributed by atoms with Crippen molar-refractivity contribution in [3.63, 3.8) is 0 Å². The first kappa shape index (κ1) is 13.0. The largest absolute Gasteiger partial charge is 0.225 e. The van der Waals surface area contributed by atoms with Crippen molar-refractivity contribution in [2.45, 2.75) is 6.92 Å². The van der Waals surface area contributed by atoms with Crippen LogP contribution in [0.5, 0.6) is 0 Å². The molecular formula is C15H8Br2N4. The molecule has 2 aromatic rings. The van der Waals surface area contributed by atoms with Gasteiger partial charge in [-0.25, -0.2) is 9.98 Å². The minimum Gasteiger partial charge on any atom is -0.225 e. The van der Waals surface area contributed by atoms with Gasteiger partial charge in [0.1, 0.15) is 16.4 Å². The van der Waals surface area contributed by atoms with Gasteiger partial charge in [0, 0.05) is 11.1 Å². The number of amidine groups is 1. The number of rotatable bonds is 1.